The zero-order chi connectivity index (χ0) is 12.3. The summed E-state index contributed by atoms with van der Waals surface area (Å²) in [5, 5.41) is 3.34. The molecule has 0 amide bonds. The molecule has 1 heterocycles. The maximum Gasteiger partial charge on any atom is 0.113 e. The van der Waals surface area contributed by atoms with Crippen LogP contribution < -0.4 is 5.32 Å². The van der Waals surface area contributed by atoms with E-state index in [1.165, 1.54) is 16.7 Å². The molecule has 1 aliphatic rings. The molecule has 0 aromatic heterocycles. The van der Waals surface area contributed by atoms with Crippen LogP contribution in [0.15, 0.2) is 30.0 Å². The molecule has 1 aromatic rings. The minimum atomic E-state index is 0.189. The SMILES string of the molecule is CNC(C1=CCCCO1)c1ccc(C)c(C)c1. The zero-order valence-electron chi connectivity index (χ0n) is 10.9. The summed E-state index contributed by atoms with van der Waals surface area (Å²) in [6, 6.07) is 6.80. The van der Waals surface area contributed by atoms with Gasteiger partial charge in [0.05, 0.1) is 12.6 Å². The molecule has 0 aliphatic carbocycles. The van der Waals surface area contributed by atoms with E-state index in [0.717, 1.165) is 25.2 Å². The number of nitrogens with one attached hydrogen (secondary N) is 1. The zero-order valence-corrected chi connectivity index (χ0v) is 10.9. The van der Waals surface area contributed by atoms with Gasteiger partial charge in [0.2, 0.25) is 0 Å². The lowest BCUT2D eigenvalue weighted by Crippen LogP contribution is -2.22. The predicted octanol–water partition coefficient (Wildman–Crippen LogP) is 3.26. The third kappa shape index (κ3) is 2.70. The highest BCUT2D eigenvalue weighted by atomic mass is 16.5. The van der Waals surface area contributed by atoms with Gasteiger partial charge in [0.1, 0.15) is 5.76 Å². The van der Waals surface area contributed by atoms with Gasteiger partial charge in [0.15, 0.2) is 0 Å². The molecule has 1 N–H and O–H groups in total. The largest absolute Gasteiger partial charge is 0.496 e. The van der Waals surface area contributed by atoms with Gasteiger partial charge in [-0.3, -0.25) is 0 Å². The number of likely N-dealkylation sites (N-methyl/N-ethyl adjacent to an activating group) is 1. The van der Waals surface area contributed by atoms with E-state index in [-0.39, 0.29) is 6.04 Å². The van der Waals surface area contributed by atoms with Crippen LogP contribution in [0.1, 0.15) is 35.6 Å². The number of hydrogen-bond donors (Lipinski definition) is 1. The Kier molecular flexibility index (Phi) is 3.85. The summed E-state index contributed by atoms with van der Waals surface area (Å²) in [5.74, 6) is 1.07. The van der Waals surface area contributed by atoms with E-state index < -0.39 is 0 Å². The molecule has 1 atom stereocenters. The molecule has 2 rings (SSSR count). The van der Waals surface area contributed by atoms with Crippen molar-refractivity contribution >= 4 is 0 Å². The Morgan fingerprint density at radius 3 is 2.65 bits per heavy atom. The highest BCUT2D eigenvalue weighted by Gasteiger charge is 2.18. The fraction of sp³-hybridized carbons (Fsp3) is 0.467. The van der Waals surface area contributed by atoms with Crippen LogP contribution in [0.25, 0.3) is 0 Å². The van der Waals surface area contributed by atoms with Crippen LogP contribution in [0.2, 0.25) is 0 Å². The summed E-state index contributed by atoms with van der Waals surface area (Å²) in [5.41, 5.74) is 3.95. The minimum Gasteiger partial charge on any atom is -0.496 e. The Bertz CT molecular complexity index is 423. The van der Waals surface area contributed by atoms with Crippen LogP contribution in [0, 0.1) is 13.8 Å². The lowest BCUT2D eigenvalue weighted by molar-refractivity contribution is 0.169. The summed E-state index contributed by atoms with van der Waals surface area (Å²) in [6.07, 6.45) is 4.46. The topological polar surface area (TPSA) is 21.3 Å². The fourth-order valence-electron chi connectivity index (χ4n) is 2.20. The van der Waals surface area contributed by atoms with Gasteiger partial charge < -0.3 is 10.1 Å². The fourth-order valence-corrected chi connectivity index (χ4v) is 2.20. The lowest BCUT2D eigenvalue weighted by atomic mass is 9.98. The van der Waals surface area contributed by atoms with Crippen molar-refractivity contribution in [2.24, 2.45) is 0 Å². The van der Waals surface area contributed by atoms with E-state index in [1.54, 1.807) is 0 Å². The number of hydrogen-bond acceptors (Lipinski definition) is 2. The second-order valence-corrected chi connectivity index (χ2v) is 4.66. The van der Waals surface area contributed by atoms with Crippen LogP contribution in [0.3, 0.4) is 0 Å². The van der Waals surface area contributed by atoms with Crippen LogP contribution >= 0.6 is 0 Å². The predicted molar refractivity (Wildman–Crippen MR) is 71.0 cm³/mol. The second-order valence-electron chi connectivity index (χ2n) is 4.66. The standard InChI is InChI=1S/C15H21NO/c1-11-7-8-13(10-12(11)2)15(16-3)14-6-4-5-9-17-14/h6-8,10,15-16H,4-5,9H2,1-3H3. The average molecular weight is 231 g/mol. The van der Waals surface area contributed by atoms with Crippen LogP contribution in [0.5, 0.6) is 0 Å². The van der Waals surface area contributed by atoms with Gasteiger partial charge in [-0.05, 0) is 56.5 Å². The molecule has 0 bridgehead atoms. The van der Waals surface area contributed by atoms with Gasteiger partial charge in [-0.1, -0.05) is 18.2 Å². The Hall–Kier alpha value is -1.28. The monoisotopic (exact) mass is 231 g/mol. The van der Waals surface area contributed by atoms with Crippen LogP contribution in [-0.4, -0.2) is 13.7 Å². The van der Waals surface area contributed by atoms with E-state index in [1.807, 2.05) is 7.05 Å². The first-order chi connectivity index (χ1) is 8.22. The smallest absolute Gasteiger partial charge is 0.113 e. The van der Waals surface area contributed by atoms with Crippen LogP contribution in [0.4, 0.5) is 0 Å². The molecule has 0 radical (unpaired) electrons. The summed E-state index contributed by atoms with van der Waals surface area (Å²) >= 11 is 0. The number of aryl methyl sites for hydroxylation is 2. The number of ether oxygens (including phenoxy) is 1. The molecule has 0 saturated heterocycles. The van der Waals surface area contributed by atoms with E-state index in [9.17, 15) is 0 Å². The van der Waals surface area contributed by atoms with Gasteiger partial charge in [-0.2, -0.15) is 0 Å². The molecule has 1 aromatic carbocycles. The van der Waals surface area contributed by atoms with E-state index >= 15 is 0 Å². The first-order valence-corrected chi connectivity index (χ1v) is 6.29. The average Bonchev–Trinajstić information content (AvgIpc) is 2.36. The second kappa shape index (κ2) is 5.37. The molecular weight excluding hydrogens is 210 g/mol. The third-order valence-corrected chi connectivity index (χ3v) is 3.40. The summed E-state index contributed by atoms with van der Waals surface area (Å²) in [4.78, 5) is 0. The Balaban J connectivity index is 2.28. The minimum absolute atomic E-state index is 0.189. The van der Waals surface area contributed by atoms with Crippen molar-refractivity contribution in [3.05, 3.63) is 46.7 Å². The lowest BCUT2D eigenvalue weighted by Gasteiger charge is -2.24. The molecule has 1 unspecified atom stereocenters. The normalized spacial score (nSPS) is 17.2. The molecule has 17 heavy (non-hydrogen) atoms. The van der Waals surface area contributed by atoms with Crippen molar-refractivity contribution in [1.29, 1.82) is 0 Å². The quantitative estimate of drug-likeness (QED) is 0.862. The molecule has 1 aliphatic heterocycles. The van der Waals surface area contributed by atoms with Crippen molar-refractivity contribution in [3.63, 3.8) is 0 Å². The number of allylic oxidation sites excluding steroid dienone is 1. The molecule has 2 nitrogen and oxygen atoms in total. The van der Waals surface area contributed by atoms with Crippen molar-refractivity contribution in [1.82, 2.24) is 5.32 Å². The molecule has 0 spiro atoms. The van der Waals surface area contributed by atoms with Gasteiger partial charge in [0, 0.05) is 0 Å². The first-order valence-electron chi connectivity index (χ1n) is 6.29. The molecule has 92 valence electrons. The van der Waals surface area contributed by atoms with Crippen molar-refractivity contribution in [2.45, 2.75) is 32.7 Å². The van der Waals surface area contributed by atoms with E-state index in [0.29, 0.717) is 0 Å². The first kappa shape index (κ1) is 12.2. The van der Waals surface area contributed by atoms with Gasteiger partial charge in [-0.15, -0.1) is 0 Å². The highest BCUT2D eigenvalue weighted by molar-refractivity contribution is 5.34. The van der Waals surface area contributed by atoms with Crippen molar-refractivity contribution in [2.75, 3.05) is 13.7 Å². The Morgan fingerprint density at radius 2 is 2.06 bits per heavy atom. The van der Waals surface area contributed by atoms with Gasteiger partial charge in [0.25, 0.3) is 0 Å². The summed E-state index contributed by atoms with van der Waals surface area (Å²) < 4.78 is 5.75. The van der Waals surface area contributed by atoms with Gasteiger partial charge >= 0.3 is 0 Å². The van der Waals surface area contributed by atoms with E-state index in [4.69, 9.17) is 4.74 Å². The maximum atomic E-state index is 5.75. The molecular formula is C15H21NO. The summed E-state index contributed by atoms with van der Waals surface area (Å²) in [6.45, 7) is 5.14. The Labute approximate surface area is 104 Å². The third-order valence-electron chi connectivity index (χ3n) is 3.40. The van der Waals surface area contributed by atoms with E-state index in [2.05, 4.69) is 43.4 Å². The molecule has 2 heteroatoms. The highest BCUT2D eigenvalue weighted by Crippen LogP contribution is 2.26. The number of rotatable bonds is 3. The maximum absolute atomic E-state index is 5.75. The van der Waals surface area contributed by atoms with Crippen LogP contribution in [-0.2, 0) is 4.74 Å². The van der Waals surface area contributed by atoms with Crippen molar-refractivity contribution < 1.29 is 4.74 Å². The summed E-state index contributed by atoms with van der Waals surface area (Å²) in [7, 11) is 1.98. The molecule has 0 saturated carbocycles. The van der Waals surface area contributed by atoms with Gasteiger partial charge in [-0.25, -0.2) is 0 Å². The molecule has 0 fully saturated rings. The number of benzene rings is 1. The van der Waals surface area contributed by atoms with Crippen molar-refractivity contribution in [3.8, 4) is 0 Å². The Morgan fingerprint density at radius 1 is 1.24 bits per heavy atom.